The Morgan fingerprint density at radius 3 is 2.19 bits per heavy atom. The van der Waals surface area contributed by atoms with E-state index in [-0.39, 0.29) is 39.7 Å². The molecule has 0 spiro atoms. The maximum Gasteiger partial charge on any atom is 0.335 e. The molecule has 1 heterocycles. The third-order valence-corrected chi connectivity index (χ3v) is 6.57. The zero-order valence-corrected chi connectivity index (χ0v) is 21.0. The van der Waals surface area contributed by atoms with Crippen LogP contribution >= 0.6 is 23.2 Å². The van der Waals surface area contributed by atoms with E-state index in [1.807, 2.05) is 0 Å². The predicted octanol–water partition coefficient (Wildman–Crippen LogP) is 2.91. The molecule has 3 N–H and O–H groups in total. The molecule has 37 heavy (non-hydrogen) atoms. The maximum atomic E-state index is 13.2. The van der Waals surface area contributed by atoms with Gasteiger partial charge in [-0.05, 0) is 47.5 Å². The summed E-state index contributed by atoms with van der Waals surface area (Å²) in [5.41, 5.74) is 0.647. The molecule has 1 aromatic heterocycles. The molecule has 4 rings (SSSR count). The van der Waals surface area contributed by atoms with Gasteiger partial charge in [-0.2, -0.15) is 0 Å². The third kappa shape index (κ3) is 5.15. The zero-order valence-electron chi connectivity index (χ0n) is 19.4. The largest absolute Gasteiger partial charge is 0.480 e. The van der Waals surface area contributed by atoms with E-state index >= 15 is 0 Å². The van der Waals surface area contributed by atoms with Crippen LogP contribution < -0.4 is 16.6 Å². The van der Waals surface area contributed by atoms with E-state index < -0.39 is 29.2 Å². The number of hydrogen-bond acceptors (Lipinski definition) is 5. The number of hydrogen-bond donors (Lipinski definition) is 3. The second kappa shape index (κ2) is 10.6. The van der Waals surface area contributed by atoms with Crippen molar-refractivity contribution in [2.24, 2.45) is 7.05 Å². The lowest BCUT2D eigenvalue weighted by Gasteiger charge is -2.16. The Bertz CT molecular complexity index is 1620. The summed E-state index contributed by atoms with van der Waals surface area (Å²) in [6, 6.07) is 14.2. The van der Waals surface area contributed by atoms with Crippen molar-refractivity contribution in [3.63, 3.8) is 0 Å². The van der Waals surface area contributed by atoms with Crippen LogP contribution in [0.25, 0.3) is 16.6 Å². The molecule has 0 saturated heterocycles. The van der Waals surface area contributed by atoms with Crippen molar-refractivity contribution in [1.82, 2.24) is 14.5 Å². The first-order chi connectivity index (χ1) is 17.6. The molecule has 1 atom stereocenters. The molecule has 1 unspecified atom stereocenters. The fraction of sp³-hybridized carbons (Fsp3) is 0.154. The van der Waals surface area contributed by atoms with Crippen LogP contribution in [0.4, 0.5) is 0 Å². The van der Waals surface area contributed by atoms with Gasteiger partial charge in [-0.1, -0.05) is 47.5 Å². The summed E-state index contributed by atoms with van der Waals surface area (Å²) in [6.07, 6.45) is -0.0755. The molecule has 0 bridgehead atoms. The molecule has 0 aliphatic carbocycles. The van der Waals surface area contributed by atoms with Crippen molar-refractivity contribution in [3.8, 4) is 5.69 Å². The lowest BCUT2D eigenvalue weighted by Crippen LogP contribution is -2.42. The zero-order chi connectivity index (χ0) is 26.9. The van der Waals surface area contributed by atoms with E-state index in [0.29, 0.717) is 16.6 Å². The van der Waals surface area contributed by atoms with Gasteiger partial charge in [-0.15, -0.1) is 0 Å². The quantitative estimate of drug-likeness (QED) is 0.329. The van der Waals surface area contributed by atoms with Gasteiger partial charge >= 0.3 is 11.7 Å². The van der Waals surface area contributed by atoms with Crippen molar-refractivity contribution < 1.29 is 19.8 Å². The van der Waals surface area contributed by atoms with Gasteiger partial charge in [0, 0.05) is 13.5 Å². The Morgan fingerprint density at radius 1 is 0.973 bits per heavy atom. The Kier molecular flexibility index (Phi) is 7.49. The first kappa shape index (κ1) is 26.2. The minimum Gasteiger partial charge on any atom is -0.480 e. The molecular formula is C26H21Cl2N3O6. The van der Waals surface area contributed by atoms with E-state index in [1.54, 1.807) is 37.4 Å². The first-order valence-electron chi connectivity index (χ1n) is 11.0. The highest BCUT2D eigenvalue weighted by Gasteiger charge is 2.24. The third-order valence-electron chi connectivity index (χ3n) is 5.94. The normalized spacial score (nSPS) is 11.9. The van der Waals surface area contributed by atoms with Gasteiger partial charge in [0.2, 0.25) is 0 Å². The number of nitrogens with one attached hydrogen (secondary N) is 1. The number of halogens is 2. The van der Waals surface area contributed by atoms with Crippen molar-refractivity contribution in [2.45, 2.75) is 19.1 Å². The predicted molar refractivity (Wildman–Crippen MR) is 140 cm³/mol. The Balaban J connectivity index is 1.63. The number of aliphatic carboxylic acids is 1. The highest BCUT2D eigenvalue weighted by molar-refractivity contribution is 6.39. The van der Waals surface area contributed by atoms with Gasteiger partial charge in [-0.25, -0.2) is 14.2 Å². The van der Waals surface area contributed by atoms with E-state index in [4.69, 9.17) is 23.2 Å². The number of carbonyl (C=O) groups excluding carboxylic acids is 1. The second-order valence-corrected chi connectivity index (χ2v) is 9.14. The minimum absolute atomic E-state index is 0.0247. The minimum atomic E-state index is -1.29. The molecule has 9 nitrogen and oxygen atoms in total. The monoisotopic (exact) mass is 541 g/mol. The summed E-state index contributed by atoms with van der Waals surface area (Å²) in [4.78, 5) is 50.6. The fourth-order valence-corrected chi connectivity index (χ4v) is 4.56. The van der Waals surface area contributed by atoms with Crippen LogP contribution in [0.2, 0.25) is 10.0 Å². The molecule has 0 fully saturated rings. The van der Waals surface area contributed by atoms with Gasteiger partial charge in [0.05, 0.1) is 38.8 Å². The first-order valence-corrected chi connectivity index (χ1v) is 11.8. The summed E-state index contributed by atoms with van der Waals surface area (Å²) in [6.45, 7) is -0.253. The number of carboxylic acid groups (broad SMARTS) is 1. The number of nitrogens with zero attached hydrogens (tertiary/aromatic N) is 2. The molecule has 0 saturated carbocycles. The summed E-state index contributed by atoms with van der Waals surface area (Å²) >= 11 is 12.1. The maximum absolute atomic E-state index is 13.2. The summed E-state index contributed by atoms with van der Waals surface area (Å²) in [5.74, 6) is -1.99. The number of aliphatic hydroxyl groups is 1. The van der Waals surface area contributed by atoms with Crippen molar-refractivity contribution in [3.05, 3.63) is 108 Å². The number of benzene rings is 3. The van der Waals surface area contributed by atoms with Crippen LogP contribution in [0, 0.1) is 0 Å². The van der Waals surface area contributed by atoms with E-state index in [9.17, 15) is 29.4 Å². The average molecular weight is 542 g/mol. The highest BCUT2D eigenvalue weighted by atomic mass is 35.5. The van der Waals surface area contributed by atoms with Gasteiger partial charge in [0.15, 0.2) is 0 Å². The Morgan fingerprint density at radius 2 is 1.59 bits per heavy atom. The van der Waals surface area contributed by atoms with Crippen LogP contribution in [0.15, 0.2) is 70.3 Å². The van der Waals surface area contributed by atoms with E-state index in [0.717, 1.165) is 4.57 Å². The van der Waals surface area contributed by atoms with Gasteiger partial charge in [0.1, 0.15) is 6.04 Å². The number of carbonyl (C=O) groups is 2. The number of carboxylic acids is 1. The topological polar surface area (TPSA) is 131 Å². The van der Waals surface area contributed by atoms with Crippen LogP contribution in [-0.4, -0.2) is 37.3 Å². The number of aliphatic hydroxyl groups excluding tert-OH is 1. The van der Waals surface area contributed by atoms with Crippen LogP contribution in [0.1, 0.15) is 21.5 Å². The van der Waals surface area contributed by atoms with Gasteiger partial charge < -0.3 is 15.5 Å². The standard InChI is InChI=1S/C26H21Cl2N3O6/c1-30-21-10-7-15(13-32)11-17(21)24(34)31(26(30)37)16-8-5-14(6-9-16)12-20(25(35)36)29-23(33)22-18(27)3-2-4-19(22)28/h2-11,20,32H,12-13H2,1H3,(H,29,33)(H,35,36). The van der Waals surface area contributed by atoms with Gasteiger partial charge in [0.25, 0.3) is 11.5 Å². The summed E-state index contributed by atoms with van der Waals surface area (Å²) in [5, 5.41) is 22.0. The lowest BCUT2D eigenvalue weighted by molar-refractivity contribution is -0.139. The SMILES string of the molecule is Cn1c(=O)n(-c2ccc(CC(NC(=O)c3c(Cl)cccc3Cl)C(=O)O)cc2)c(=O)c2cc(CO)ccc21. The van der Waals surface area contributed by atoms with Gasteiger partial charge in [-0.3, -0.25) is 14.2 Å². The summed E-state index contributed by atoms with van der Waals surface area (Å²) in [7, 11) is 1.54. The number of aromatic nitrogens is 2. The molecule has 3 aromatic carbocycles. The van der Waals surface area contributed by atoms with Crippen molar-refractivity contribution in [1.29, 1.82) is 0 Å². The van der Waals surface area contributed by atoms with Crippen LogP contribution in [0.3, 0.4) is 0 Å². The molecule has 0 aliphatic heterocycles. The molecule has 1 amide bonds. The molecular weight excluding hydrogens is 521 g/mol. The second-order valence-electron chi connectivity index (χ2n) is 8.32. The molecule has 190 valence electrons. The Hall–Kier alpha value is -3.92. The highest BCUT2D eigenvalue weighted by Crippen LogP contribution is 2.24. The van der Waals surface area contributed by atoms with Crippen LogP contribution in [-0.2, 0) is 24.9 Å². The fourth-order valence-electron chi connectivity index (χ4n) is 4.00. The lowest BCUT2D eigenvalue weighted by atomic mass is 10.0. The van der Waals surface area contributed by atoms with E-state index in [2.05, 4.69) is 5.32 Å². The number of rotatable bonds is 7. The number of aryl methyl sites for hydroxylation is 1. The van der Waals surface area contributed by atoms with Crippen LogP contribution in [0.5, 0.6) is 0 Å². The Labute approximate surface area is 220 Å². The number of amides is 1. The molecule has 0 aliphatic rings. The number of fused-ring (bicyclic) bond motifs is 1. The molecule has 0 radical (unpaired) electrons. The smallest absolute Gasteiger partial charge is 0.335 e. The van der Waals surface area contributed by atoms with Crippen molar-refractivity contribution in [2.75, 3.05) is 0 Å². The summed E-state index contributed by atoms with van der Waals surface area (Å²) < 4.78 is 2.34. The van der Waals surface area contributed by atoms with Crippen molar-refractivity contribution >= 4 is 46.0 Å². The van der Waals surface area contributed by atoms with E-state index in [1.165, 1.54) is 34.9 Å². The molecule has 11 heteroatoms. The molecule has 4 aromatic rings. The average Bonchev–Trinajstić information content (AvgIpc) is 2.87.